The van der Waals surface area contributed by atoms with E-state index in [1.165, 1.54) is 6.20 Å². The second-order valence-corrected chi connectivity index (χ2v) is 6.53. The number of fused-ring (bicyclic) bond motifs is 1. The fourth-order valence-corrected chi connectivity index (χ4v) is 3.72. The number of carbonyl (C=O) groups excluding carboxylic acids is 1. The summed E-state index contributed by atoms with van der Waals surface area (Å²) in [5.41, 5.74) is 0.927. The monoisotopic (exact) mass is 343 g/mol. The molecule has 7 heteroatoms. The van der Waals surface area contributed by atoms with Crippen molar-refractivity contribution in [3.05, 3.63) is 48.1 Å². The highest BCUT2D eigenvalue weighted by molar-refractivity contribution is 5.91. The molecular weight excluding hydrogens is 322 g/mol. The predicted molar refractivity (Wildman–Crippen MR) is 87.7 cm³/mol. The quantitative estimate of drug-likeness (QED) is 0.825. The van der Waals surface area contributed by atoms with Crippen LogP contribution in [0.3, 0.4) is 0 Å². The number of hydrogen-bond donors (Lipinski definition) is 0. The van der Waals surface area contributed by atoms with Gasteiger partial charge in [0.15, 0.2) is 0 Å². The minimum atomic E-state index is -0.106. The lowest BCUT2D eigenvalue weighted by molar-refractivity contribution is -0.0461. The first-order valence-electron chi connectivity index (χ1n) is 8.62. The molecule has 3 heterocycles. The molecule has 2 fully saturated rings. The van der Waals surface area contributed by atoms with Crippen LogP contribution >= 0.6 is 0 Å². The van der Waals surface area contributed by atoms with E-state index in [1.54, 1.807) is 12.3 Å². The zero-order chi connectivity index (χ0) is 17.1. The molecule has 2 aliphatic rings. The molecule has 0 N–H and O–H groups in total. The number of hydrogen-bond acceptors (Lipinski definition) is 6. The van der Waals surface area contributed by atoms with Gasteiger partial charge in [-0.2, -0.15) is 0 Å². The normalized spacial score (nSPS) is 25.8. The predicted octanol–water partition coefficient (Wildman–Crippen LogP) is 1.91. The van der Waals surface area contributed by atoms with Crippen LogP contribution in [0, 0.1) is 5.92 Å². The number of nitrogens with zero attached hydrogens (tertiary/aromatic N) is 3. The summed E-state index contributed by atoms with van der Waals surface area (Å²) in [7, 11) is 0. The third-order valence-electron chi connectivity index (χ3n) is 4.87. The summed E-state index contributed by atoms with van der Waals surface area (Å²) in [6, 6.07) is 7.49. The largest absolute Gasteiger partial charge is 0.375 e. The van der Waals surface area contributed by atoms with Crippen LogP contribution in [0.25, 0.3) is 0 Å². The standard InChI is InChI=1S/C18H21N3O4/c22-18(16-4-6-20-25-16)21-7-8-24-17-10-13(9-15(17)21)11-23-12-14-3-1-2-5-19-14/h1-6,13,15,17H,7-12H2/t13-,15-,17-/m1/s1. The number of rotatable bonds is 5. The topological polar surface area (TPSA) is 77.7 Å². The van der Waals surface area contributed by atoms with Crippen LogP contribution in [0.1, 0.15) is 29.1 Å². The van der Waals surface area contributed by atoms with Crippen molar-refractivity contribution < 1.29 is 18.8 Å². The van der Waals surface area contributed by atoms with Crippen LogP contribution in [-0.2, 0) is 16.1 Å². The summed E-state index contributed by atoms with van der Waals surface area (Å²) in [5.74, 6) is 0.559. The molecule has 1 amide bonds. The Hall–Kier alpha value is -2.25. The first-order chi connectivity index (χ1) is 12.3. The molecule has 7 nitrogen and oxygen atoms in total. The van der Waals surface area contributed by atoms with Gasteiger partial charge in [-0.1, -0.05) is 11.2 Å². The minimum absolute atomic E-state index is 0.0732. The Labute approximate surface area is 145 Å². The van der Waals surface area contributed by atoms with E-state index in [1.807, 2.05) is 23.1 Å². The highest BCUT2D eigenvalue weighted by Gasteiger charge is 2.43. The second-order valence-electron chi connectivity index (χ2n) is 6.53. The number of pyridine rings is 1. The van der Waals surface area contributed by atoms with Gasteiger partial charge in [0.1, 0.15) is 0 Å². The molecular formula is C18H21N3O4. The first kappa shape index (κ1) is 16.2. The van der Waals surface area contributed by atoms with Gasteiger partial charge in [-0.25, -0.2) is 0 Å². The molecule has 1 aliphatic heterocycles. The van der Waals surface area contributed by atoms with E-state index in [-0.39, 0.29) is 23.8 Å². The molecule has 1 saturated heterocycles. The third-order valence-corrected chi connectivity index (χ3v) is 4.87. The van der Waals surface area contributed by atoms with E-state index in [9.17, 15) is 4.79 Å². The molecule has 0 radical (unpaired) electrons. The van der Waals surface area contributed by atoms with Crippen LogP contribution in [0.2, 0.25) is 0 Å². The van der Waals surface area contributed by atoms with Crippen molar-refractivity contribution in [2.45, 2.75) is 31.6 Å². The van der Waals surface area contributed by atoms with E-state index in [4.69, 9.17) is 14.0 Å². The average Bonchev–Trinajstić information content (AvgIpc) is 3.31. The van der Waals surface area contributed by atoms with Crippen molar-refractivity contribution in [1.82, 2.24) is 15.0 Å². The van der Waals surface area contributed by atoms with Gasteiger partial charge in [0, 0.05) is 18.8 Å². The number of carbonyl (C=O) groups is 1. The number of morpholine rings is 1. The Bertz CT molecular complexity index is 692. The zero-order valence-corrected chi connectivity index (χ0v) is 13.9. The second kappa shape index (κ2) is 7.33. The van der Waals surface area contributed by atoms with Gasteiger partial charge in [-0.3, -0.25) is 9.78 Å². The maximum Gasteiger partial charge on any atom is 0.292 e. The fraction of sp³-hybridized carbons (Fsp3) is 0.500. The summed E-state index contributed by atoms with van der Waals surface area (Å²) >= 11 is 0. The molecule has 0 aromatic carbocycles. The Morgan fingerprint density at radius 2 is 2.24 bits per heavy atom. The van der Waals surface area contributed by atoms with Gasteiger partial charge >= 0.3 is 0 Å². The van der Waals surface area contributed by atoms with E-state index < -0.39 is 0 Å². The molecule has 0 spiro atoms. The Morgan fingerprint density at radius 1 is 1.28 bits per heavy atom. The molecule has 2 aromatic heterocycles. The van der Waals surface area contributed by atoms with Crippen LogP contribution in [-0.4, -0.2) is 52.9 Å². The van der Waals surface area contributed by atoms with Crippen LogP contribution in [0.4, 0.5) is 0 Å². The van der Waals surface area contributed by atoms with Crippen LogP contribution in [0.15, 0.2) is 41.2 Å². The van der Waals surface area contributed by atoms with Gasteiger partial charge in [-0.05, 0) is 30.9 Å². The first-order valence-corrected chi connectivity index (χ1v) is 8.62. The molecule has 0 bridgehead atoms. The van der Waals surface area contributed by atoms with Gasteiger partial charge in [0.25, 0.3) is 5.91 Å². The molecule has 1 aliphatic carbocycles. The van der Waals surface area contributed by atoms with E-state index in [0.717, 1.165) is 18.5 Å². The number of aromatic nitrogens is 2. The SMILES string of the molecule is O=C(c1ccno1)N1CCO[C@@H]2C[C@H](COCc3ccccn3)C[C@H]21. The van der Waals surface area contributed by atoms with Crippen molar-refractivity contribution in [2.24, 2.45) is 5.92 Å². The van der Waals surface area contributed by atoms with Gasteiger partial charge in [0.2, 0.25) is 5.76 Å². The lowest BCUT2D eigenvalue weighted by Gasteiger charge is -2.37. The van der Waals surface area contributed by atoms with Gasteiger partial charge in [-0.15, -0.1) is 0 Å². The molecule has 132 valence electrons. The smallest absolute Gasteiger partial charge is 0.292 e. The average molecular weight is 343 g/mol. The fourth-order valence-electron chi connectivity index (χ4n) is 3.72. The summed E-state index contributed by atoms with van der Waals surface area (Å²) in [5, 5.41) is 3.63. The van der Waals surface area contributed by atoms with Crippen molar-refractivity contribution in [2.75, 3.05) is 19.8 Å². The van der Waals surface area contributed by atoms with Gasteiger partial charge < -0.3 is 18.9 Å². The molecule has 3 atom stereocenters. The highest BCUT2D eigenvalue weighted by Crippen LogP contribution is 2.35. The summed E-state index contributed by atoms with van der Waals surface area (Å²) < 4.78 is 16.7. The summed E-state index contributed by atoms with van der Waals surface area (Å²) in [4.78, 5) is 18.7. The zero-order valence-electron chi connectivity index (χ0n) is 13.9. The molecule has 4 rings (SSSR count). The Kier molecular flexibility index (Phi) is 4.76. The lowest BCUT2D eigenvalue weighted by atomic mass is 10.1. The third kappa shape index (κ3) is 3.57. The minimum Gasteiger partial charge on any atom is -0.375 e. The Balaban J connectivity index is 1.33. The van der Waals surface area contributed by atoms with E-state index in [0.29, 0.717) is 32.3 Å². The summed E-state index contributed by atoms with van der Waals surface area (Å²) in [6.45, 7) is 2.30. The number of ether oxygens (including phenoxy) is 2. The highest BCUT2D eigenvalue weighted by atomic mass is 16.5. The van der Waals surface area contributed by atoms with Crippen molar-refractivity contribution in [3.63, 3.8) is 0 Å². The van der Waals surface area contributed by atoms with Gasteiger partial charge in [0.05, 0.1) is 43.9 Å². The van der Waals surface area contributed by atoms with Crippen molar-refractivity contribution in [3.8, 4) is 0 Å². The van der Waals surface area contributed by atoms with Crippen LogP contribution in [0.5, 0.6) is 0 Å². The Morgan fingerprint density at radius 3 is 3.04 bits per heavy atom. The van der Waals surface area contributed by atoms with Crippen molar-refractivity contribution >= 4 is 5.91 Å². The van der Waals surface area contributed by atoms with Crippen molar-refractivity contribution in [1.29, 1.82) is 0 Å². The lowest BCUT2D eigenvalue weighted by Crippen LogP contribution is -2.51. The van der Waals surface area contributed by atoms with E-state index >= 15 is 0 Å². The maximum absolute atomic E-state index is 12.6. The molecule has 25 heavy (non-hydrogen) atoms. The molecule has 2 aromatic rings. The maximum atomic E-state index is 12.6. The summed E-state index contributed by atoms with van der Waals surface area (Å²) in [6.07, 6.45) is 5.13. The molecule has 1 saturated carbocycles. The number of amides is 1. The molecule has 0 unspecified atom stereocenters. The van der Waals surface area contributed by atoms with E-state index in [2.05, 4.69) is 10.1 Å². The van der Waals surface area contributed by atoms with Crippen LogP contribution < -0.4 is 0 Å².